The van der Waals surface area contributed by atoms with Crippen molar-refractivity contribution in [1.82, 2.24) is 15.2 Å². The zero-order valence-corrected chi connectivity index (χ0v) is 16.1. The SMILES string of the molecule is CN(C)c1ccc(C(=O)N[C@@H]2C3CCN(CC3)[C@H]2Cc2cccnc2)cc1. The normalized spacial score (nSPS) is 26.6. The molecule has 5 rings (SSSR count). The molecule has 1 amide bonds. The topological polar surface area (TPSA) is 48.5 Å². The second kappa shape index (κ2) is 7.69. The molecule has 1 aromatic carbocycles. The van der Waals surface area contributed by atoms with Gasteiger partial charge < -0.3 is 10.2 Å². The first-order chi connectivity index (χ1) is 13.1. The van der Waals surface area contributed by atoms with Gasteiger partial charge in [-0.25, -0.2) is 0 Å². The van der Waals surface area contributed by atoms with Crippen LogP contribution in [-0.2, 0) is 6.42 Å². The van der Waals surface area contributed by atoms with Crippen LogP contribution in [0.25, 0.3) is 0 Å². The zero-order valence-electron chi connectivity index (χ0n) is 16.1. The summed E-state index contributed by atoms with van der Waals surface area (Å²) in [6.45, 7) is 2.28. The van der Waals surface area contributed by atoms with Crippen molar-refractivity contribution in [2.75, 3.05) is 32.1 Å². The third kappa shape index (κ3) is 3.83. The highest BCUT2D eigenvalue weighted by molar-refractivity contribution is 5.94. The molecule has 0 saturated carbocycles. The second-order valence-corrected chi connectivity index (χ2v) is 7.95. The van der Waals surface area contributed by atoms with Crippen molar-refractivity contribution in [3.8, 4) is 0 Å². The highest BCUT2D eigenvalue weighted by atomic mass is 16.1. The minimum absolute atomic E-state index is 0.0373. The maximum atomic E-state index is 12.9. The summed E-state index contributed by atoms with van der Waals surface area (Å²) in [4.78, 5) is 21.8. The molecule has 1 N–H and O–H groups in total. The molecule has 2 atom stereocenters. The summed E-state index contributed by atoms with van der Waals surface area (Å²) in [7, 11) is 4.01. The van der Waals surface area contributed by atoms with Gasteiger partial charge in [0.15, 0.2) is 0 Å². The average Bonchev–Trinajstić information content (AvgIpc) is 2.71. The first-order valence-electron chi connectivity index (χ1n) is 9.83. The summed E-state index contributed by atoms with van der Waals surface area (Å²) in [5.41, 5.74) is 3.07. The van der Waals surface area contributed by atoms with Crippen molar-refractivity contribution in [3.63, 3.8) is 0 Å². The van der Waals surface area contributed by atoms with Crippen molar-refractivity contribution < 1.29 is 4.79 Å². The van der Waals surface area contributed by atoms with Gasteiger partial charge >= 0.3 is 0 Å². The monoisotopic (exact) mass is 364 g/mol. The van der Waals surface area contributed by atoms with Gasteiger partial charge in [0.2, 0.25) is 0 Å². The molecule has 27 heavy (non-hydrogen) atoms. The Labute approximate surface area is 161 Å². The summed E-state index contributed by atoms with van der Waals surface area (Å²) >= 11 is 0. The minimum atomic E-state index is 0.0373. The molecule has 2 bridgehead atoms. The van der Waals surface area contributed by atoms with Crippen LogP contribution in [0.3, 0.4) is 0 Å². The number of fused-ring (bicyclic) bond motifs is 3. The Kier molecular flexibility index (Phi) is 5.12. The molecule has 3 fully saturated rings. The Morgan fingerprint density at radius 1 is 1.19 bits per heavy atom. The van der Waals surface area contributed by atoms with Crippen molar-refractivity contribution in [3.05, 3.63) is 59.9 Å². The third-order valence-corrected chi connectivity index (χ3v) is 6.08. The van der Waals surface area contributed by atoms with Gasteiger partial charge in [-0.1, -0.05) is 6.07 Å². The number of aromatic nitrogens is 1. The van der Waals surface area contributed by atoms with E-state index in [9.17, 15) is 4.79 Å². The number of hydrogen-bond donors (Lipinski definition) is 1. The number of nitrogens with zero attached hydrogens (tertiary/aromatic N) is 3. The van der Waals surface area contributed by atoms with E-state index in [1.165, 1.54) is 18.4 Å². The van der Waals surface area contributed by atoms with E-state index in [1.807, 2.05) is 61.7 Å². The maximum absolute atomic E-state index is 12.9. The van der Waals surface area contributed by atoms with Crippen LogP contribution in [-0.4, -0.2) is 55.1 Å². The number of piperidine rings is 3. The Morgan fingerprint density at radius 2 is 1.93 bits per heavy atom. The zero-order chi connectivity index (χ0) is 18.8. The third-order valence-electron chi connectivity index (χ3n) is 6.08. The molecule has 5 nitrogen and oxygen atoms in total. The van der Waals surface area contributed by atoms with Gasteiger partial charge in [0.25, 0.3) is 5.91 Å². The van der Waals surface area contributed by atoms with Crippen molar-refractivity contribution in [2.45, 2.75) is 31.3 Å². The van der Waals surface area contributed by atoms with Crippen LogP contribution in [0.4, 0.5) is 5.69 Å². The largest absolute Gasteiger partial charge is 0.378 e. The van der Waals surface area contributed by atoms with Crippen LogP contribution in [0.5, 0.6) is 0 Å². The number of pyridine rings is 1. The lowest BCUT2D eigenvalue weighted by Gasteiger charge is -2.51. The van der Waals surface area contributed by atoms with Crippen molar-refractivity contribution >= 4 is 11.6 Å². The predicted octanol–water partition coefficient (Wildman–Crippen LogP) is 2.58. The van der Waals surface area contributed by atoms with Gasteiger partial charge in [-0.15, -0.1) is 0 Å². The highest BCUT2D eigenvalue weighted by Gasteiger charge is 2.42. The van der Waals surface area contributed by atoms with Crippen molar-refractivity contribution in [2.24, 2.45) is 5.92 Å². The van der Waals surface area contributed by atoms with Crippen LogP contribution >= 0.6 is 0 Å². The average molecular weight is 364 g/mol. The Morgan fingerprint density at radius 3 is 2.56 bits per heavy atom. The molecule has 1 aromatic heterocycles. The molecule has 3 aliphatic heterocycles. The lowest BCUT2D eigenvalue weighted by Crippen LogP contribution is -2.64. The summed E-state index contributed by atoms with van der Waals surface area (Å²) in [6, 6.07) is 12.5. The van der Waals surface area contributed by atoms with Crippen molar-refractivity contribution in [1.29, 1.82) is 0 Å². The molecule has 0 aliphatic carbocycles. The van der Waals surface area contributed by atoms with Gasteiger partial charge in [-0.2, -0.15) is 0 Å². The standard InChI is InChI=1S/C22H28N4O/c1-25(2)19-7-5-18(6-8-19)22(27)24-21-17-9-12-26(13-10-17)20(21)14-16-4-3-11-23-15-16/h3-8,11,15,17,20-21H,9-10,12-14H2,1-2H3,(H,24,27)/t20-,21+/m0/s1. The molecule has 4 heterocycles. The van der Waals surface area contributed by atoms with Gasteiger partial charge in [0.05, 0.1) is 0 Å². The molecular formula is C22H28N4O. The Bertz CT molecular complexity index is 767. The molecule has 2 aromatic rings. The van der Waals surface area contributed by atoms with E-state index >= 15 is 0 Å². The Balaban J connectivity index is 1.50. The number of anilines is 1. The van der Waals surface area contributed by atoms with E-state index in [2.05, 4.69) is 21.3 Å². The first-order valence-corrected chi connectivity index (χ1v) is 9.83. The van der Waals surface area contributed by atoms with Gasteiger partial charge in [-0.3, -0.25) is 14.7 Å². The van der Waals surface area contributed by atoms with Gasteiger partial charge in [0, 0.05) is 49.8 Å². The molecule has 5 heteroatoms. The molecule has 0 radical (unpaired) electrons. The van der Waals surface area contributed by atoms with E-state index in [0.29, 0.717) is 12.0 Å². The molecular weight excluding hydrogens is 336 g/mol. The predicted molar refractivity (Wildman–Crippen MR) is 108 cm³/mol. The number of rotatable bonds is 5. The minimum Gasteiger partial charge on any atom is -0.378 e. The van der Waals surface area contributed by atoms with E-state index in [0.717, 1.165) is 30.8 Å². The van der Waals surface area contributed by atoms with Crippen LogP contribution in [0.15, 0.2) is 48.8 Å². The maximum Gasteiger partial charge on any atom is 0.251 e. The molecule has 0 unspecified atom stereocenters. The van der Waals surface area contributed by atoms with Gasteiger partial charge in [0.1, 0.15) is 0 Å². The lowest BCUT2D eigenvalue weighted by atomic mass is 9.76. The summed E-state index contributed by atoms with van der Waals surface area (Å²) < 4.78 is 0. The van der Waals surface area contributed by atoms with E-state index < -0.39 is 0 Å². The lowest BCUT2D eigenvalue weighted by molar-refractivity contribution is 0.0136. The van der Waals surface area contributed by atoms with Crippen LogP contribution in [0.2, 0.25) is 0 Å². The second-order valence-electron chi connectivity index (χ2n) is 7.95. The molecule has 3 aliphatic rings. The highest BCUT2D eigenvalue weighted by Crippen LogP contribution is 2.34. The first kappa shape index (κ1) is 18.0. The number of carbonyl (C=O) groups is 1. The van der Waals surface area contributed by atoms with Crippen LogP contribution in [0, 0.1) is 5.92 Å². The van der Waals surface area contributed by atoms with E-state index in [-0.39, 0.29) is 11.9 Å². The number of amides is 1. The van der Waals surface area contributed by atoms with E-state index in [1.54, 1.807) is 0 Å². The smallest absolute Gasteiger partial charge is 0.251 e. The van der Waals surface area contributed by atoms with Crippen LogP contribution < -0.4 is 10.2 Å². The fraction of sp³-hybridized carbons (Fsp3) is 0.455. The summed E-state index contributed by atoms with van der Waals surface area (Å²) in [5.74, 6) is 0.608. The Hall–Kier alpha value is -2.40. The van der Waals surface area contributed by atoms with Crippen LogP contribution in [0.1, 0.15) is 28.8 Å². The summed E-state index contributed by atoms with van der Waals surface area (Å²) in [5, 5.41) is 3.37. The number of benzene rings is 1. The molecule has 142 valence electrons. The number of carbonyl (C=O) groups excluding carboxylic acids is 1. The quantitative estimate of drug-likeness (QED) is 0.886. The molecule has 0 spiro atoms. The number of hydrogen-bond acceptors (Lipinski definition) is 4. The van der Waals surface area contributed by atoms with E-state index in [4.69, 9.17) is 0 Å². The summed E-state index contributed by atoms with van der Waals surface area (Å²) in [6.07, 6.45) is 7.05. The number of nitrogens with one attached hydrogen (secondary N) is 1. The fourth-order valence-corrected chi connectivity index (χ4v) is 4.53. The van der Waals surface area contributed by atoms with Gasteiger partial charge in [-0.05, 0) is 74.2 Å². The fourth-order valence-electron chi connectivity index (χ4n) is 4.53. The molecule has 3 saturated heterocycles.